The van der Waals surface area contributed by atoms with Crippen LogP contribution >= 0.6 is 0 Å². The molecule has 0 aliphatic carbocycles. The minimum Gasteiger partial charge on any atom is -0.377 e. The van der Waals surface area contributed by atoms with Crippen LogP contribution in [0.1, 0.15) is 23.2 Å². The van der Waals surface area contributed by atoms with Crippen LogP contribution in [0.25, 0.3) is 10.8 Å². The maximum absolute atomic E-state index is 12.9. The summed E-state index contributed by atoms with van der Waals surface area (Å²) in [5, 5.41) is 2.16. The maximum atomic E-state index is 12.9. The van der Waals surface area contributed by atoms with Crippen molar-refractivity contribution in [3.63, 3.8) is 0 Å². The van der Waals surface area contributed by atoms with Gasteiger partial charge in [-0.1, -0.05) is 42.5 Å². The smallest absolute Gasteiger partial charge is 0.254 e. The van der Waals surface area contributed by atoms with Crippen molar-refractivity contribution >= 4 is 16.7 Å². The zero-order valence-corrected chi connectivity index (χ0v) is 13.4. The third-order valence-corrected chi connectivity index (χ3v) is 4.51. The molecule has 0 radical (unpaired) electrons. The monoisotopic (exact) mass is 309 g/mol. The first-order chi connectivity index (χ1) is 11.3. The van der Waals surface area contributed by atoms with Gasteiger partial charge in [-0.25, -0.2) is 0 Å². The van der Waals surface area contributed by atoms with Crippen LogP contribution in [0.3, 0.4) is 0 Å². The molecule has 1 aliphatic rings. The Balaban J connectivity index is 1.66. The van der Waals surface area contributed by atoms with Crippen molar-refractivity contribution in [3.05, 3.63) is 60.7 Å². The van der Waals surface area contributed by atoms with E-state index >= 15 is 0 Å². The molecule has 0 aromatic heterocycles. The molecule has 23 heavy (non-hydrogen) atoms. The van der Waals surface area contributed by atoms with Crippen LogP contribution in [-0.4, -0.2) is 37.1 Å². The van der Waals surface area contributed by atoms with Crippen molar-refractivity contribution in [2.24, 2.45) is 5.92 Å². The van der Waals surface area contributed by atoms with Crippen LogP contribution < -0.4 is 0 Å². The third-order valence-electron chi connectivity index (χ3n) is 4.51. The lowest BCUT2D eigenvalue weighted by molar-refractivity contribution is 0.0577. The second-order valence-electron chi connectivity index (χ2n) is 6.09. The number of hydrogen-bond acceptors (Lipinski definition) is 2. The van der Waals surface area contributed by atoms with Crippen LogP contribution in [0.4, 0.5) is 0 Å². The predicted octanol–water partition coefficient (Wildman–Crippen LogP) is 3.89. The number of piperidine rings is 1. The van der Waals surface area contributed by atoms with Crippen molar-refractivity contribution in [3.8, 4) is 0 Å². The van der Waals surface area contributed by atoms with E-state index in [9.17, 15) is 4.79 Å². The summed E-state index contributed by atoms with van der Waals surface area (Å²) in [5.74, 6) is 0.693. The highest BCUT2D eigenvalue weighted by Crippen LogP contribution is 2.23. The highest BCUT2D eigenvalue weighted by Gasteiger charge is 2.24. The highest BCUT2D eigenvalue weighted by molar-refractivity contribution is 6.07. The Morgan fingerprint density at radius 3 is 2.70 bits per heavy atom. The van der Waals surface area contributed by atoms with E-state index in [0.717, 1.165) is 48.9 Å². The Labute approximate surface area is 137 Å². The average molecular weight is 309 g/mol. The van der Waals surface area contributed by atoms with Crippen molar-refractivity contribution in [2.45, 2.75) is 12.8 Å². The Bertz CT molecular complexity index is 682. The summed E-state index contributed by atoms with van der Waals surface area (Å²) < 4.78 is 5.54. The number of amides is 1. The molecule has 1 amide bonds. The molecular formula is C20H23NO2. The van der Waals surface area contributed by atoms with E-state index < -0.39 is 0 Å². The molecule has 0 N–H and O–H groups in total. The van der Waals surface area contributed by atoms with Crippen LogP contribution in [-0.2, 0) is 4.74 Å². The zero-order chi connectivity index (χ0) is 16.1. The van der Waals surface area contributed by atoms with Crippen molar-refractivity contribution in [1.82, 2.24) is 4.90 Å². The summed E-state index contributed by atoms with van der Waals surface area (Å²) in [7, 11) is 0. The molecule has 120 valence electrons. The second-order valence-corrected chi connectivity index (χ2v) is 6.09. The first kappa shape index (κ1) is 15.8. The van der Waals surface area contributed by atoms with Gasteiger partial charge in [-0.3, -0.25) is 4.79 Å². The van der Waals surface area contributed by atoms with Gasteiger partial charge in [-0.15, -0.1) is 6.58 Å². The molecule has 0 atom stereocenters. The van der Waals surface area contributed by atoms with Crippen LogP contribution in [0, 0.1) is 5.92 Å². The van der Waals surface area contributed by atoms with Crippen LogP contribution in [0.15, 0.2) is 55.1 Å². The molecule has 2 aromatic carbocycles. The van der Waals surface area contributed by atoms with E-state index in [0.29, 0.717) is 12.5 Å². The van der Waals surface area contributed by atoms with E-state index in [-0.39, 0.29) is 5.91 Å². The van der Waals surface area contributed by atoms with Gasteiger partial charge in [0.1, 0.15) is 0 Å². The van der Waals surface area contributed by atoms with E-state index in [1.807, 2.05) is 35.2 Å². The molecule has 0 bridgehead atoms. The molecule has 0 saturated carbocycles. The fraction of sp³-hybridized carbons (Fsp3) is 0.350. The quantitative estimate of drug-likeness (QED) is 0.619. The highest BCUT2D eigenvalue weighted by atomic mass is 16.5. The lowest BCUT2D eigenvalue weighted by Crippen LogP contribution is -2.39. The van der Waals surface area contributed by atoms with E-state index in [4.69, 9.17) is 4.74 Å². The number of rotatable bonds is 5. The molecule has 2 aromatic rings. The number of likely N-dealkylation sites (tertiary alicyclic amines) is 1. The molecule has 1 saturated heterocycles. The summed E-state index contributed by atoms with van der Waals surface area (Å²) >= 11 is 0. The minimum atomic E-state index is 0.146. The number of ether oxygens (including phenoxy) is 1. The van der Waals surface area contributed by atoms with Gasteiger partial charge in [0.05, 0.1) is 6.61 Å². The van der Waals surface area contributed by atoms with Gasteiger partial charge in [0.15, 0.2) is 0 Å². The Hall–Kier alpha value is -2.13. The van der Waals surface area contributed by atoms with Crippen molar-refractivity contribution in [2.75, 3.05) is 26.3 Å². The molecule has 3 rings (SSSR count). The molecule has 3 nitrogen and oxygen atoms in total. The fourth-order valence-corrected chi connectivity index (χ4v) is 3.20. The number of nitrogens with zero attached hydrogens (tertiary/aromatic N) is 1. The van der Waals surface area contributed by atoms with E-state index in [1.54, 1.807) is 6.08 Å². The summed E-state index contributed by atoms with van der Waals surface area (Å²) in [6, 6.07) is 14.0. The lowest BCUT2D eigenvalue weighted by Gasteiger charge is -2.32. The summed E-state index contributed by atoms with van der Waals surface area (Å²) in [6.45, 7) is 6.65. The van der Waals surface area contributed by atoms with Gasteiger partial charge < -0.3 is 9.64 Å². The van der Waals surface area contributed by atoms with Gasteiger partial charge in [0, 0.05) is 25.3 Å². The van der Waals surface area contributed by atoms with Crippen molar-refractivity contribution < 1.29 is 9.53 Å². The molecule has 0 spiro atoms. The Morgan fingerprint density at radius 1 is 1.17 bits per heavy atom. The Morgan fingerprint density at radius 2 is 1.91 bits per heavy atom. The van der Waals surface area contributed by atoms with Gasteiger partial charge in [0.2, 0.25) is 0 Å². The van der Waals surface area contributed by atoms with E-state index in [2.05, 4.69) is 18.7 Å². The van der Waals surface area contributed by atoms with Crippen LogP contribution in [0.2, 0.25) is 0 Å². The predicted molar refractivity (Wildman–Crippen MR) is 93.6 cm³/mol. The fourth-order valence-electron chi connectivity index (χ4n) is 3.20. The molecule has 0 unspecified atom stereocenters. The minimum absolute atomic E-state index is 0.146. The summed E-state index contributed by atoms with van der Waals surface area (Å²) in [5.41, 5.74) is 0.810. The zero-order valence-electron chi connectivity index (χ0n) is 13.4. The first-order valence-electron chi connectivity index (χ1n) is 8.25. The summed E-state index contributed by atoms with van der Waals surface area (Å²) in [6.07, 6.45) is 3.79. The van der Waals surface area contributed by atoms with Gasteiger partial charge in [0.25, 0.3) is 5.91 Å². The topological polar surface area (TPSA) is 29.5 Å². The molecular weight excluding hydrogens is 286 g/mol. The normalized spacial score (nSPS) is 15.7. The maximum Gasteiger partial charge on any atom is 0.254 e. The lowest BCUT2D eigenvalue weighted by atomic mass is 9.96. The first-order valence-corrected chi connectivity index (χ1v) is 8.25. The second kappa shape index (κ2) is 7.42. The van der Waals surface area contributed by atoms with Gasteiger partial charge >= 0.3 is 0 Å². The van der Waals surface area contributed by atoms with Gasteiger partial charge in [-0.05, 0) is 35.6 Å². The number of fused-ring (bicyclic) bond motifs is 1. The van der Waals surface area contributed by atoms with Crippen LogP contribution in [0.5, 0.6) is 0 Å². The van der Waals surface area contributed by atoms with Crippen molar-refractivity contribution in [1.29, 1.82) is 0 Å². The number of carbonyl (C=O) groups is 1. The molecule has 1 fully saturated rings. The SMILES string of the molecule is C=CCOCC1CCN(C(=O)c2cccc3ccccc23)CC1. The Kier molecular flexibility index (Phi) is 5.09. The molecule has 1 heterocycles. The standard InChI is InChI=1S/C20H23NO2/c1-2-14-23-15-16-10-12-21(13-11-16)20(22)19-9-5-7-17-6-3-4-8-18(17)19/h2-9,16H,1,10-15H2. The third kappa shape index (κ3) is 3.62. The largest absolute Gasteiger partial charge is 0.377 e. The molecule has 1 aliphatic heterocycles. The van der Waals surface area contributed by atoms with Gasteiger partial charge in [-0.2, -0.15) is 0 Å². The summed E-state index contributed by atoms with van der Waals surface area (Å²) in [4.78, 5) is 14.8. The molecule has 3 heteroatoms. The number of carbonyl (C=O) groups excluding carboxylic acids is 1. The van der Waals surface area contributed by atoms with E-state index in [1.165, 1.54) is 0 Å². The number of benzene rings is 2. The average Bonchev–Trinajstić information content (AvgIpc) is 2.61. The number of hydrogen-bond donors (Lipinski definition) is 0.